The van der Waals surface area contributed by atoms with Crippen LogP contribution < -0.4 is 5.32 Å². The van der Waals surface area contributed by atoms with Crippen molar-refractivity contribution >= 4 is 17.5 Å². The predicted octanol–water partition coefficient (Wildman–Crippen LogP) is 2.48. The van der Waals surface area contributed by atoms with E-state index in [0.717, 1.165) is 44.8 Å². The lowest BCUT2D eigenvalue weighted by atomic mass is 10.2. The molecule has 0 spiro atoms. The van der Waals surface area contributed by atoms with Crippen molar-refractivity contribution in [1.29, 1.82) is 0 Å². The topological polar surface area (TPSA) is 59.4 Å². The van der Waals surface area contributed by atoms with Gasteiger partial charge in [0, 0.05) is 19.6 Å². The van der Waals surface area contributed by atoms with E-state index in [4.69, 9.17) is 16.3 Å². The second kappa shape index (κ2) is 9.30. The third kappa shape index (κ3) is 5.28. The van der Waals surface area contributed by atoms with Crippen LogP contribution in [0.15, 0.2) is 24.3 Å². The van der Waals surface area contributed by atoms with E-state index in [9.17, 15) is 9.18 Å². The second-order valence-electron chi connectivity index (χ2n) is 6.60. The normalized spacial score (nSPS) is 15.1. The largest absolute Gasteiger partial charge is 0.379 e. The van der Waals surface area contributed by atoms with E-state index in [1.54, 1.807) is 23.7 Å². The van der Waals surface area contributed by atoms with Crippen LogP contribution in [-0.4, -0.2) is 60.0 Å². The van der Waals surface area contributed by atoms with Crippen LogP contribution in [0.2, 0.25) is 5.15 Å². The van der Waals surface area contributed by atoms with Crippen molar-refractivity contribution in [2.45, 2.75) is 19.9 Å². The van der Waals surface area contributed by atoms with E-state index in [1.165, 1.54) is 12.1 Å². The third-order valence-corrected chi connectivity index (χ3v) is 4.96. The Morgan fingerprint density at radius 3 is 2.70 bits per heavy atom. The van der Waals surface area contributed by atoms with Crippen molar-refractivity contribution < 1.29 is 13.9 Å². The number of hydrogen-bond donors (Lipinski definition) is 1. The van der Waals surface area contributed by atoms with Gasteiger partial charge in [-0.1, -0.05) is 23.7 Å². The van der Waals surface area contributed by atoms with Crippen molar-refractivity contribution in [3.8, 4) is 0 Å². The number of amides is 1. The monoisotopic (exact) mass is 394 g/mol. The van der Waals surface area contributed by atoms with Crippen LogP contribution in [-0.2, 0) is 11.3 Å². The molecule has 1 aliphatic heterocycles. The number of benzene rings is 1. The maximum absolute atomic E-state index is 13.0. The highest BCUT2D eigenvalue weighted by Gasteiger charge is 2.20. The Kier molecular flexibility index (Phi) is 6.82. The molecule has 0 unspecified atom stereocenters. The number of hydrogen-bond acceptors (Lipinski definition) is 4. The number of aromatic nitrogens is 2. The first-order valence-electron chi connectivity index (χ1n) is 9.10. The lowest BCUT2D eigenvalue weighted by molar-refractivity contribution is 0.0374. The van der Waals surface area contributed by atoms with Gasteiger partial charge >= 0.3 is 0 Å². The van der Waals surface area contributed by atoms with Crippen LogP contribution in [0.25, 0.3) is 0 Å². The van der Waals surface area contributed by atoms with Crippen molar-refractivity contribution in [2.75, 3.05) is 39.4 Å². The minimum absolute atomic E-state index is 0.218. The third-order valence-electron chi connectivity index (χ3n) is 4.58. The van der Waals surface area contributed by atoms with Gasteiger partial charge in [-0.15, -0.1) is 0 Å². The zero-order chi connectivity index (χ0) is 19.2. The Hall–Kier alpha value is -1.96. The summed E-state index contributed by atoms with van der Waals surface area (Å²) < 4.78 is 19.9. The Bertz CT molecular complexity index is 773. The summed E-state index contributed by atoms with van der Waals surface area (Å²) in [6.45, 7) is 7.07. The minimum Gasteiger partial charge on any atom is -0.379 e. The van der Waals surface area contributed by atoms with E-state index in [2.05, 4.69) is 15.3 Å². The molecule has 0 radical (unpaired) electrons. The van der Waals surface area contributed by atoms with Gasteiger partial charge in [-0.05, 0) is 37.6 Å². The van der Waals surface area contributed by atoms with Gasteiger partial charge in [-0.25, -0.2) is 9.07 Å². The molecule has 1 aromatic carbocycles. The molecule has 1 saturated heterocycles. The molecule has 8 heteroatoms. The van der Waals surface area contributed by atoms with Crippen molar-refractivity contribution in [3.63, 3.8) is 0 Å². The number of aryl methyl sites for hydroxylation is 1. The SMILES string of the molecule is Cc1nn(Cc2ccc(F)cc2)c(Cl)c1C(=O)NCCCN1CCOCC1. The van der Waals surface area contributed by atoms with Gasteiger partial charge in [0.05, 0.1) is 31.0 Å². The molecular weight excluding hydrogens is 371 g/mol. The molecule has 1 N–H and O–H groups in total. The Balaban J connectivity index is 1.54. The molecule has 0 bridgehead atoms. The number of rotatable bonds is 7. The molecule has 146 valence electrons. The number of halogens is 2. The van der Waals surface area contributed by atoms with E-state index >= 15 is 0 Å². The van der Waals surface area contributed by atoms with E-state index in [1.807, 2.05) is 0 Å². The van der Waals surface area contributed by atoms with Crippen LogP contribution in [0, 0.1) is 12.7 Å². The molecule has 27 heavy (non-hydrogen) atoms. The van der Waals surface area contributed by atoms with Gasteiger partial charge in [-0.3, -0.25) is 9.69 Å². The molecule has 2 heterocycles. The highest BCUT2D eigenvalue weighted by atomic mass is 35.5. The summed E-state index contributed by atoms with van der Waals surface area (Å²) in [5.41, 5.74) is 1.83. The zero-order valence-corrected chi connectivity index (χ0v) is 16.1. The average molecular weight is 395 g/mol. The number of carbonyl (C=O) groups excluding carboxylic acids is 1. The van der Waals surface area contributed by atoms with Gasteiger partial charge < -0.3 is 10.1 Å². The summed E-state index contributed by atoms with van der Waals surface area (Å²) in [6.07, 6.45) is 0.867. The molecule has 3 rings (SSSR count). The maximum Gasteiger partial charge on any atom is 0.256 e. The van der Waals surface area contributed by atoms with Crippen LogP contribution in [0.4, 0.5) is 4.39 Å². The number of nitrogens with zero attached hydrogens (tertiary/aromatic N) is 3. The van der Waals surface area contributed by atoms with Crippen LogP contribution in [0.5, 0.6) is 0 Å². The summed E-state index contributed by atoms with van der Waals surface area (Å²) in [6, 6.07) is 6.13. The zero-order valence-electron chi connectivity index (χ0n) is 15.4. The summed E-state index contributed by atoms with van der Waals surface area (Å²) in [7, 11) is 0. The van der Waals surface area contributed by atoms with Crippen molar-refractivity contribution in [3.05, 3.63) is 52.1 Å². The Morgan fingerprint density at radius 1 is 1.30 bits per heavy atom. The predicted molar refractivity (Wildman–Crippen MR) is 102 cm³/mol. The van der Waals surface area contributed by atoms with Crippen LogP contribution >= 0.6 is 11.6 Å². The molecule has 0 saturated carbocycles. The lowest BCUT2D eigenvalue weighted by Crippen LogP contribution is -2.38. The highest BCUT2D eigenvalue weighted by molar-refractivity contribution is 6.33. The van der Waals surface area contributed by atoms with Gasteiger partial charge in [0.2, 0.25) is 0 Å². The fourth-order valence-electron chi connectivity index (χ4n) is 3.10. The smallest absolute Gasteiger partial charge is 0.256 e. The number of morpholine rings is 1. The molecule has 1 aromatic heterocycles. The summed E-state index contributed by atoms with van der Waals surface area (Å²) in [5.74, 6) is -0.511. The molecule has 6 nitrogen and oxygen atoms in total. The molecule has 1 amide bonds. The van der Waals surface area contributed by atoms with Crippen molar-refractivity contribution in [2.24, 2.45) is 0 Å². The summed E-state index contributed by atoms with van der Waals surface area (Å²) in [4.78, 5) is 14.8. The fraction of sp³-hybridized carbons (Fsp3) is 0.474. The lowest BCUT2D eigenvalue weighted by Gasteiger charge is -2.26. The van der Waals surface area contributed by atoms with Gasteiger partial charge in [-0.2, -0.15) is 5.10 Å². The average Bonchev–Trinajstić information content (AvgIpc) is 2.95. The Labute approximate surface area is 163 Å². The van der Waals surface area contributed by atoms with Crippen molar-refractivity contribution in [1.82, 2.24) is 20.0 Å². The molecular formula is C19H24ClFN4O2. The molecule has 1 fully saturated rings. The molecule has 1 aliphatic rings. The first-order valence-corrected chi connectivity index (χ1v) is 9.48. The second-order valence-corrected chi connectivity index (χ2v) is 6.96. The highest BCUT2D eigenvalue weighted by Crippen LogP contribution is 2.21. The van der Waals surface area contributed by atoms with Gasteiger partial charge in [0.25, 0.3) is 5.91 Å². The van der Waals surface area contributed by atoms with E-state index < -0.39 is 0 Å². The fourth-order valence-corrected chi connectivity index (χ4v) is 3.42. The number of carbonyl (C=O) groups is 1. The van der Waals surface area contributed by atoms with Crippen LogP contribution in [0.3, 0.4) is 0 Å². The number of nitrogens with one attached hydrogen (secondary N) is 1. The van der Waals surface area contributed by atoms with Gasteiger partial charge in [0.15, 0.2) is 0 Å². The number of ether oxygens (including phenoxy) is 1. The first-order chi connectivity index (χ1) is 13.0. The quantitative estimate of drug-likeness (QED) is 0.733. The summed E-state index contributed by atoms with van der Waals surface area (Å²) >= 11 is 6.38. The van der Waals surface area contributed by atoms with E-state index in [0.29, 0.717) is 29.5 Å². The Morgan fingerprint density at radius 2 is 2.00 bits per heavy atom. The standard InChI is InChI=1S/C19H24ClFN4O2/c1-14-17(19(26)22-7-2-8-24-9-11-27-12-10-24)18(20)25(23-14)13-15-3-5-16(21)6-4-15/h3-6H,2,7-13H2,1H3,(H,22,26). The summed E-state index contributed by atoms with van der Waals surface area (Å²) in [5, 5.41) is 7.57. The van der Waals surface area contributed by atoms with Crippen LogP contribution in [0.1, 0.15) is 28.0 Å². The van der Waals surface area contributed by atoms with E-state index in [-0.39, 0.29) is 11.7 Å². The molecule has 2 aromatic rings. The molecule has 0 aliphatic carbocycles. The first kappa shape index (κ1) is 19.8. The maximum atomic E-state index is 13.0. The van der Waals surface area contributed by atoms with Gasteiger partial charge in [0.1, 0.15) is 11.0 Å². The minimum atomic E-state index is -0.293. The molecule has 0 atom stereocenters.